The lowest BCUT2D eigenvalue weighted by atomic mass is 9.85. The SMILES string of the molecule is C=C1C(=O)O[C@@H]2CC(C)CC/C=C(\C(=O)O)CC/C=C(\C)CC[C@@H]12. The fraction of sp³-hybridized carbons (Fsp3) is 0.600. The van der Waals surface area contributed by atoms with Gasteiger partial charge in [0.2, 0.25) is 0 Å². The highest BCUT2D eigenvalue weighted by Crippen LogP contribution is 2.35. The van der Waals surface area contributed by atoms with Gasteiger partial charge in [-0.1, -0.05) is 31.2 Å². The van der Waals surface area contributed by atoms with E-state index in [0.717, 1.165) is 38.5 Å². The number of hydrogen-bond donors (Lipinski definition) is 1. The third-order valence-electron chi connectivity index (χ3n) is 5.13. The fourth-order valence-electron chi connectivity index (χ4n) is 3.56. The minimum Gasteiger partial charge on any atom is -0.478 e. The molecule has 1 N–H and O–H groups in total. The molecule has 1 heterocycles. The van der Waals surface area contributed by atoms with Crippen LogP contribution in [0.1, 0.15) is 58.8 Å². The molecule has 24 heavy (non-hydrogen) atoms. The zero-order valence-electron chi connectivity index (χ0n) is 14.7. The van der Waals surface area contributed by atoms with E-state index < -0.39 is 5.97 Å². The zero-order valence-corrected chi connectivity index (χ0v) is 14.7. The first-order valence-corrected chi connectivity index (χ1v) is 8.86. The van der Waals surface area contributed by atoms with Crippen molar-refractivity contribution in [1.29, 1.82) is 0 Å². The summed E-state index contributed by atoms with van der Waals surface area (Å²) in [7, 11) is 0. The number of aliphatic carboxylic acids is 1. The highest BCUT2D eigenvalue weighted by atomic mass is 16.6. The number of ether oxygens (including phenoxy) is 1. The predicted octanol–water partition coefficient (Wildman–Crippen LogP) is 4.42. The standard InChI is InChI=1S/C20H28O4/c1-13-6-4-8-16(19(21)22)9-5-7-14(2)12-18-17(11-10-13)15(3)20(23)24-18/h6,9,14,17-18H,3-5,7-8,10-12H2,1-2H3,(H,21,22)/b13-6+,16-9-/t14?,17-,18+/m0/s1. The topological polar surface area (TPSA) is 63.6 Å². The Labute approximate surface area is 144 Å². The van der Waals surface area contributed by atoms with Crippen molar-refractivity contribution in [3.8, 4) is 0 Å². The summed E-state index contributed by atoms with van der Waals surface area (Å²) in [6.45, 7) is 8.13. The Kier molecular flexibility index (Phi) is 6.41. The van der Waals surface area contributed by atoms with Gasteiger partial charge in [-0.25, -0.2) is 9.59 Å². The Morgan fingerprint density at radius 2 is 2.00 bits per heavy atom. The maximum Gasteiger partial charge on any atom is 0.334 e. The summed E-state index contributed by atoms with van der Waals surface area (Å²) in [6.07, 6.45) is 9.41. The Morgan fingerprint density at radius 1 is 1.25 bits per heavy atom. The highest BCUT2D eigenvalue weighted by Gasteiger charge is 2.38. The molecule has 0 bridgehead atoms. The van der Waals surface area contributed by atoms with Crippen LogP contribution in [0.4, 0.5) is 0 Å². The molecule has 0 aromatic rings. The van der Waals surface area contributed by atoms with Gasteiger partial charge in [0.05, 0.1) is 0 Å². The number of fused-ring (bicyclic) bond motifs is 1. The summed E-state index contributed by atoms with van der Waals surface area (Å²) in [4.78, 5) is 23.2. The second-order valence-electron chi connectivity index (χ2n) is 7.16. The Hall–Kier alpha value is -1.84. The van der Waals surface area contributed by atoms with Crippen molar-refractivity contribution in [3.05, 3.63) is 35.5 Å². The van der Waals surface area contributed by atoms with Gasteiger partial charge in [0.1, 0.15) is 6.10 Å². The second-order valence-corrected chi connectivity index (χ2v) is 7.16. The molecule has 2 rings (SSSR count). The molecule has 4 heteroatoms. The number of esters is 1. The van der Waals surface area contributed by atoms with Crippen LogP contribution in [-0.4, -0.2) is 23.1 Å². The maximum absolute atomic E-state index is 11.9. The number of carbonyl (C=O) groups is 2. The molecule has 1 unspecified atom stereocenters. The number of carboxylic acid groups (broad SMARTS) is 1. The third-order valence-corrected chi connectivity index (χ3v) is 5.13. The first-order chi connectivity index (χ1) is 11.4. The van der Waals surface area contributed by atoms with E-state index in [1.54, 1.807) is 0 Å². The third kappa shape index (κ3) is 4.83. The van der Waals surface area contributed by atoms with E-state index >= 15 is 0 Å². The Bertz CT molecular complexity index is 570. The van der Waals surface area contributed by atoms with Gasteiger partial charge < -0.3 is 9.84 Å². The van der Waals surface area contributed by atoms with E-state index in [1.807, 2.05) is 6.08 Å². The molecule has 2 aliphatic rings. The van der Waals surface area contributed by atoms with Crippen molar-refractivity contribution in [2.45, 2.75) is 64.9 Å². The van der Waals surface area contributed by atoms with Crippen LogP contribution in [0, 0.1) is 11.8 Å². The molecular weight excluding hydrogens is 304 g/mol. The Morgan fingerprint density at radius 3 is 2.71 bits per heavy atom. The number of carbonyl (C=O) groups excluding carboxylic acids is 1. The summed E-state index contributed by atoms with van der Waals surface area (Å²) in [6, 6.07) is 0. The number of carboxylic acids is 1. The van der Waals surface area contributed by atoms with Crippen LogP contribution >= 0.6 is 0 Å². The molecule has 0 saturated carbocycles. The molecule has 132 valence electrons. The van der Waals surface area contributed by atoms with E-state index in [4.69, 9.17) is 4.74 Å². The zero-order chi connectivity index (χ0) is 17.7. The van der Waals surface area contributed by atoms with Crippen molar-refractivity contribution >= 4 is 11.9 Å². The highest BCUT2D eigenvalue weighted by molar-refractivity contribution is 5.90. The van der Waals surface area contributed by atoms with Crippen LogP contribution in [0.25, 0.3) is 0 Å². The maximum atomic E-state index is 11.9. The van der Waals surface area contributed by atoms with Gasteiger partial charge in [-0.2, -0.15) is 0 Å². The van der Waals surface area contributed by atoms with Crippen LogP contribution in [-0.2, 0) is 14.3 Å². The summed E-state index contributed by atoms with van der Waals surface area (Å²) >= 11 is 0. The molecule has 0 spiro atoms. The minimum absolute atomic E-state index is 0.0846. The van der Waals surface area contributed by atoms with Crippen LogP contribution < -0.4 is 0 Å². The molecule has 1 fully saturated rings. The number of allylic oxidation sites excluding steroid dienone is 3. The van der Waals surface area contributed by atoms with Crippen LogP contribution in [0.5, 0.6) is 0 Å². The lowest BCUT2D eigenvalue weighted by Crippen LogP contribution is -2.20. The second kappa shape index (κ2) is 8.32. The Balaban J connectivity index is 2.14. The van der Waals surface area contributed by atoms with Crippen molar-refractivity contribution in [3.63, 3.8) is 0 Å². The monoisotopic (exact) mass is 332 g/mol. The summed E-state index contributed by atoms with van der Waals surface area (Å²) < 4.78 is 5.53. The molecule has 4 nitrogen and oxygen atoms in total. The van der Waals surface area contributed by atoms with Crippen molar-refractivity contribution in [2.75, 3.05) is 0 Å². The molecule has 0 radical (unpaired) electrons. The van der Waals surface area contributed by atoms with E-state index in [2.05, 4.69) is 26.5 Å². The van der Waals surface area contributed by atoms with Crippen molar-refractivity contribution in [2.24, 2.45) is 11.8 Å². The van der Waals surface area contributed by atoms with Gasteiger partial charge in [-0.05, 0) is 57.8 Å². The van der Waals surface area contributed by atoms with Crippen LogP contribution in [0.15, 0.2) is 35.5 Å². The molecule has 0 aromatic carbocycles. The molecule has 1 saturated heterocycles. The number of rotatable bonds is 1. The van der Waals surface area contributed by atoms with Crippen molar-refractivity contribution < 1.29 is 19.4 Å². The first kappa shape index (κ1) is 18.5. The first-order valence-electron chi connectivity index (χ1n) is 8.86. The molecular formula is C20H28O4. The smallest absolute Gasteiger partial charge is 0.334 e. The summed E-state index contributed by atoms with van der Waals surface area (Å²) in [5.74, 6) is -0.587. The summed E-state index contributed by atoms with van der Waals surface area (Å²) in [5, 5.41) is 9.30. The molecule has 0 amide bonds. The largest absolute Gasteiger partial charge is 0.478 e. The van der Waals surface area contributed by atoms with E-state index in [-0.39, 0.29) is 18.0 Å². The fourth-order valence-corrected chi connectivity index (χ4v) is 3.56. The lowest BCUT2D eigenvalue weighted by molar-refractivity contribution is -0.139. The predicted molar refractivity (Wildman–Crippen MR) is 93.5 cm³/mol. The average Bonchev–Trinajstić information content (AvgIpc) is 2.77. The van der Waals surface area contributed by atoms with E-state index in [1.165, 1.54) is 5.57 Å². The van der Waals surface area contributed by atoms with E-state index in [0.29, 0.717) is 23.5 Å². The summed E-state index contributed by atoms with van der Waals surface area (Å²) in [5.41, 5.74) is 2.35. The normalized spacial score (nSPS) is 34.2. The minimum atomic E-state index is -0.818. The average molecular weight is 332 g/mol. The van der Waals surface area contributed by atoms with Gasteiger partial charge in [0.25, 0.3) is 0 Å². The van der Waals surface area contributed by atoms with Crippen LogP contribution in [0.2, 0.25) is 0 Å². The van der Waals surface area contributed by atoms with Gasteiger partial charge in [0, 0.05) is 17.1 Å². The van der Waals surface area contributed by atoms with Gasteiger partial charge in [0.15, 0.2) is 0 Å². The van der Waals surface area contributed by atoms with Crippen LogP contribution in [0.3, 0.4) is 0 Å². The molecule has 3 atom stereocenters. The van der Waals surface area contributed by atoms with Gasteiger partial charge >= 0.3 is 11.9 Å². The van der Waals surface area contributed by atoms with Gasteiger partial charge in [-0.15, -0.1) is 0 Å². The van der Waals surface area contributed by atoms with Crippen molar-refractivity contribution in [1.82, 2.24) is 0 Å². The van der Waals surface area contributed by atoms with E-state index in [9.17, 15) is 14.7 Å². The molecule has 1 aliphatic heterocycles. The van der Waals surface area contributed by atoms with Gasteiger partial charge in [-0.3, -0.25) is 0 Å². The molecule has 1 aliphatic carbocycles. The quantitative estimate of drug-likeness (QED) is 0.438. The number of hydrogen-bond acceptors (Lipinski definition) is 3. The molecule has 0 aromatic heterocycles. The lowest BCUT2D eigenvalue weighted by Gasteiger charge is -2.21.